The number of nitrogens with zero attached hydrogens (tertiary/aromatic N) is 1. The number of hydrogen-bond donors (Lipinski definition) is 0. The van der Waals surface area contributed by atoms with Gasteiger partial charge in [0.2, 0.25) is 10.0 Å². The van der Waals surface area contributed by atoms with E-state index in [2.05, 4.69) is 0 Å². The zero-order valence-electron chi connectivity index (χ0n) is 10.9. The van der Waals surface area contributed by atoms with E-state index in [0.29, 0.717) is 28.6 Å². The predicted octanol–water partition coefficient (Wildman–Crippen LogP) is 2.79. The lowest BCUT2D eigenvalue weighted by Crippen LogP contribution is -2.29. The van der Waals surface area contributed by atoms with Crippen molar-refractivity contribution < 1.29 is 13.2 Å². The van der Waals surface area contributed by atoms with Gasteiger partial charge < -0.3 is 4.74 Å². The van der Waals surface area contributed by atoms with E-state index in [1.807, 2.05) is 0 Å². The fourth-order valence-electron chi connectivity index (χ4n) is 1.55. The summed E-state index contributed by atoms with van der Waals surface area (Å²) in [7, 11) is -0.238. The van der Waals surface area contributed by atoms with Crippen LogP contribution in [0.15, 0.2) is 18.2 Å². The van der Waals surface area contributed by atoms with E-state index < -0.39 is 10.0 Å². The third kappa shape index (κ3) is 4.93. The Labute approximate surface area is 124 Å². The van der Waals surface area contributed by atoms with Crippen molar-refractivity contribution in [2.75, 3.05) is 26.5 Å². The maximum Gasteiger partial charge on any atom is 0.214 e. The SMILES string of the molecule is COCCCS(=O)(=O)N(C)Cc1cccc(Cl)c1Cl. The topological polar surface area (TPSA) is 46.6 Å². The molecule has 0 aliphatic heterocycles. The Bertz CT molecular complexity index is 520. The summed E-state index contributed by atoms with van der Waals surface area (Å²) >= 11 is 11.9. The quantitative estimate of drug-likeness (QED) is 0.724. The molecule has 0 N–H and O–H groups in total. The van der Waals surface area contributed by atoms with E-state index in [9.17, 15) is 8.42 Å². The van der Waals surface area contributed by atoms with Crippen molar-refractivity contribution >= 4 is 33.2 Å². The monoisotopic (exact) mass is 325 g/mol. The number of methoxy groups -OCH3 is 1. The minimum absolute atomic E-state index is 0.0511. The number of ether oxygens (including phenoxy) is 1. The Morgan fingerprint density at radius 1 is 1.32 bits per heavy atom. The van der Waals surface area contributed by atoms with Crippen LogP contribution < -0.4 is 0 Å². The lowest BCUT2D eigenvalue weighted by atomic mass is 10.2. The molecule has 0 aliphatic carbocycles. The van der Waals surface area contributed by atoms with Crippen LogP contribution in [-0.2, 0) is 21.3 Å². The number of sulfonamides is 1. The van der Waals surface area contributed by atoms with Crippen LogP contribution in [0.25, 0.3) is 0 Å². The van der Waals surface area contributed by atoms with Gasteiger partial charge in [-0.2, -0.15) is 0 Å². The molecule has 0 saturated heterocycles. The summed E-state index contributed by atoms with van der Waals surface area (Å²) in [6.07, 6.45) is 0.465. The Kier molecular flexibility index (Phi) is 6.56. The van der Waals surface area contributed by atoms with E-state index in [4.69, 9.17) is 27.9 Å². The summed E-state index contributed by atoms with van der Waals surface area (Å²) in [4.78, 5) is 0. The lowest BCUT2D eigenvalue weighted by molar-refractivity contribution is 0.199. The van der Waals surface area contributed by atoms with Gasteiger partial charge in [0.1, 0.15) is 0 Å². The number of benzene rings is 1. The van der Waals surface area contributed by atoms with Gasteiger partial charge in [-0.25, -0.2) is 12.7 Å². The van der Waals surface area contributed by atoms with Crippen LogP contribution in [0, 0.1) is 0 Å². The normalized spacial score (nSPS) is 12.1. The molecule has 0 spiro atoms. The number of halogens is 2. The molecular formula is C12H17Cl2NO3S. The van der Waals surface area contributed by atoms with E-state index in [1.165, 1.54) is 11.4 Å². The average molecular weight is 326 g/mol. The molecular weight excluding hydrogens is 309 g/mol. The van der Waals surface area contributed by atoms with Crippen molar-refractivity contribution in [1.29, 1.82) is 0 Å². The van der Waals surface area contributed by atoms with Crippen LogP contribution in [-0.4, -0.2) is 39.2 Å². The van der Waals surface area contributed by atoms with Crippen molar-refractivity contribution in [3.8, 4) is 0 Å². The van der Waals surface area contributed by atoms with Gasteiger partial charge in [0.25, 0.3) is 0 Å². The molecule has 19 heavy (non-hydrogen) atoms. The molecule has 0 bridgehead atoms. The zero-order valence-corrected chi connectivity index (χ0v) is 13.2. The molecule has 0 heterocycles. The van der Waals surface area contributed by atoms with Crippen molar-refractivity contribution in [3.63, 3.8) is 0 Å². The minimum Gasteiger partial charge on any atom is -0.385 e. The molecule has 0 aromatic heterocycles. The lowest BCUT2D eigenvalue weighted by Gasteiger charge is -2.18. The van der Waals surface area contributed by atoms with Crippen molar-refractivity contribution in [2.24, 2.45) is 0 Å². The highest BCUT2D eigenvalue weighted by molar-refractivity contribution is 7.89. The molecule has 0 unspecified atom stereocenters. The van der Waals surface area contributed by atoms with Crippen LogP contribution in [0.1, 0.15) is 12.0 Å². The standard InChI is InChI=1S/C12H17Cl2NO3S/c1-15(19(16,17)8-4-7-18-2)9-10-5-3-6-11(13)12(10)14/h3,5-6H,4,7-9H2,1-2H3. The second kappa shape index (κ2) is 7.45. The first-order chi connectivity index (χ1) is 8.88. The van der Waals surface area contributed by atoms with E-state index in [1.54, 1.807) is 25.3 Å². The summed E-state index contributed by atoms with van der Waals surface area (Å²) in [5.41, 5.74) is 0.687. The minimum atomic E-state index is -3.31. The van der Waals surface area contributed by atoms with E-state index >= 15 is 0 Å². The Morgan fingerprint density at radius 2 is 2.00 bits per heavy atom. The van der Waals surface area contributed by atoms with E-state index in [0.717, 1.165) is 0 Å². The molecule has 0 saturated carbocycles. The van der Waals surface area contributed by atoms with E-state index in [-0.39, 0.29) is 12.3 Å². The molecule has 0 amide bonds. The molecule has 0 radical (unpaired) electrons. The number of rotatable bonds is 7. The average Bonchev–Trinajstić information content (AvgIpc) is 2.35. The van der Waals surface area contributed by atoms with Crippen LogP contribution >= 0.6 is 23.2 Å². The van der Waals surface area contributed by atoms with Gasteiger partial charge in [-0.3, -0.25) is 0 Å². The zero-order chi connectivity index (χ0) is 14.5. The molecule has 1 aromatic rings. The van der Waals surface area contributed by atoms with Gasteiger partial charge in [-0.1, -0.05) is 35.3 Å². The molecule has 1 aromatic carbocycles. The largest absolute Gasteiger partial charge is 0.385 e. The fraction of sp³-hybridized carbons (Fsp3) is 0.500. The van der Waals surface area contributed by atoms with Crippen molar-refractivity contribution in [2.45, 2.75) is 13.0 Å². The third-order valence-corrected chi connectivity index (χ3v) is 5.39. The first kappa shape index (κ1) is 16.7. The Morgan fingerprint density at radius 3 is 2.63 bits per heavy atom. The summed E-state index contributed by atoms with van der Waals surface area (Å²) in [6.45, 7) is 0.625. The molecule has 7 heteroatoms. The maximum atomic E-state index is 12.0. The van der Waals surface area contributed by atoms with Gasteiger partial charge in [0, 0.05) is 27.3 Å². The smallest absolute Gasteiger partial charge is 0.214 e. The van der Waals surface area contributed by atoms with Gasteiger partial charge in [-0.05, 0) is 18.1 Å². The van der Waals surface area contributed by atoms with Gasteiger partial charge in [0.05, 0.1) is 15.8 Å². The summed E-state index contributed by atoms with van der Waals surface area (Å²) < 4.78 is 30.1. The highest BCUT2D eigenvalue weighted by atomic mass is 35.5. The number of hydrogen-bond acceptors (Lipinski definition) is 3. The molecule has 4 nitrogen and oxygen atoms in total. The van der Waals surface area contributed by atoms with Crippen LogP contribution in [0.2, 0.25) is 10.0 Å². The highest BCUT2D eigenvalue weighted by Crippen LogP contribution is 2.26. The first-order valence-corrected chi connectivity index (χ1v) is 8.11. The first-order valence-electron chi connectivity index (χ1n) is 5.74. The van der Waals surface area contributed by atoms with Gasteiger partial charge >= 0.3 is 0 Å². The summed E-state index contributed by atoms with van der Waals surface area (Å²) in [5, 5.41) is 0.812. The van der Waals surface area contributed by atoms with Crippen molar-refractivity contribution in [3.05, 3.63) is 33.8 Å². The molecule has 0 atom stereocenters. The van der Waals surface area contributed by atoms with Crippen LogP contribution in [0.5, 0.6) is 0 Å². The third-order valence-electron chi connectivity index (χ3n) is 2.65. The molecule has 0 fully saturated rings. The second-order valence-electron chi connectivity index (χ2n) is 4.13. The van der Waals surface area contributed by atoms with Crippen LogP contribution in [0.3, 0.4) is 0 Å². The summed E-state index contributed by atoms with van der Waals surface area (Å²) in [6, 6.07) is 5.17. The van der Waals surface area contributed by atoms with Crippen LogP contribution in [0.4, 0.5) is 0 Å². The molecule has 108 valence electrons. The Balaban J connectivity index is 2.73. The predicted molar refractivity (Wildman–Crippen MR) is 78.2 cm³/mol. The van der Waals surface area contributed by atoms with Gasteiger partial charge in [0.15, 0.2) is 0 Å². The second-order valence-corrected chi connectivity index (χ2v) is 7.11. The van der Waals surface area contributed by atoms with Crippen molar-refractivity contribution in [1.82, 2.24) is 4.31 Å². The highest BCUT2D eigenvalue weighted by Gasteiger charge is 2.19. The van der Waals surface area contributed by atoms with Gasteiger partial charge in [-0.15, -0.1) is 0 Å². The summed E-state index contributed by atoms with van der Waals surface area (Å²) in [5.74, 6) is 0.0511. The molecule has 0 aliphatic rings. The Hall–Kier alpha value is -0.330. The molecule has 1 rings (SSSR count). The fourth-order valence-corrected chi connectivity index (χ4v) is 3.06. The maximum absolute atomic E-state index is 12.0.